The molecule has 2 aromatic heterocycles. The summed E-state index contributed by atoms with van der Waals surface area (Å²) < 4.78 is 7.60. The van der Waals surface area contributed by atoms with E-state index in [9.17, 15) is 0 Å². The molecule has 0 amide bonds. The van der Waals surface area contributed by atoms with Gasteiger partial charge in [-0.2, -0.15) is 0 Å². The highest BCUT2D eigenvalue weighted by Gasteiger charge is 2.53. The fourth-order valence-electron chi connectivity index (χ4n) is 6.61. The molecule has 4 unspecified atom stereocenters. The predicted molar refractivity (Wildman–Crippen MR) is 114 cm³/mol. The maximum Gasteiger partial charge on any atom is 0.194 e. The summed E-state index contributed by atoms with van der Waals surface area (Å²) in [5, 5.41) is 2.19. The summed E-state index contributed by atoms with van der Waals surface area (Å²) in [6, 6.07) is 6.05. The van der Waals surface area contributed by atoms with E-state index in [2.05, 4.69) is 22.0 Å². The Bertz CT molecular complexity index is 1050. The minimum absolute atomic E-state index is 0.334. The van der Waals surface area contributed by atoms with Crippen molar-refractivity contribution in [2.75, 3.05) is 12.8 Å². The first-order chi connectivity index (χ1) is 13.6. The standard InChI is InChI=1S/C23H27N3OS/c1-27-20-6-5-15(8-18(20)24)19-13-28-22-25-21(12-26(19)22)23-9-14-3-2-4-16(10-23)17(7-14)11-23/h5-6,8,12-14,16-17H,2-4,7,9-11,24H2,1H3. The van der Waals surface area contributed by atoms with Gasteiger partial charge in [0.2, 0.25) is 0 Å². The number of hydrogen-bond donors (Lipinski definition) is 1. The van der Waals surface area contributed by atoms with Crippen molar-refractivity contribution in [3.63, 3.8) is 0 Å². The monoisotopic (exact) mass is 393 g/mol. The van der Waals surface area contributed by atoms with Gasteiger partial charge in [-0.3, -0.25) is 4.40 Å². The van der Waals surface area contributed by atoms with Gasteiger partial charge in [0, 0.05) is 22.6 Å². The smallest absolute Gasteiger partial charge is 0.194 e. The lowest BCUT2D eigenvalue weighted by Crippen LogP contribution is -2.31. The summed E-state index contributed by atoms with van der Waals surface area (Å²) in [5.41, 5.74) is 10.8. The van der Waals surface area contributed by atoms with Gasteiger partial charge < -0.3 is 10.5 Å². The molecule has 0 radical (unpaired) electrons. The molecule has 28 heavy (non-hydrogen) atoms. The Kier molecular flexibility index (Phi) is 3.62. The number of methoxy groups -OCH3 is 1. The van der Waals surface area contributed by atoms with Crippen LogP contribution in [-0.4, -0.2) is 16.5 Å². The number of rotatable bonds is 3. The molecular weight excluding hydrogens is 366 g/mol. The van der Waals surface area contributed by atoms with Crippen LogP contribution in [0.5, 0.6) is 5.75 Å². The van der Waals surface area contributed by atoms with Crippen molar-refractivity contribution in [1.29, 1.82) is 0 Å². The highest BCUT2D eigenvalue weighted by Crippen LogP contribution is 2.60. The first-order valence-corrected chi connectivity index (χ1v) is 11.4. The van der Waals surface area contributed by atoms with Gasteiger partial charge >= 0.3 is 0 Å². The van der Waals surface area contributed by atoms with Crippen LogP contribution in [0.3, 0.4) is 0 Å². The second kappa shape index (κ2) is 5.99. The van der Waals surface area contributed by atoms with Crippen LogP contribution >= 0.6 is 11.3 Å². The molecule has 3 aliphatic rings. The summed E-state index contributed by atoms with van der Waals surface area (Å²) >= 11 is 1.73. The van der Waals surface area contributed by atoms with E-state index in [0.29, 0.717) is 11.1 Å². The fraction of sp³-hybridized carbons (Fsp3) is 0.522. The van der Waals surface area contributed by atoms with Crippen molar-refractivity contribution in [3.05, 3.63) is 35.5 Å². The SMILES string of the molecule is COc1ccc(-c2csc3nc(C45CC6CCCC(C4)C(C6)C5)cn23)cc1N. The van der Waals surface area contributed by atoms with Gasteiger partial charge in [0.15, 0.2) is 4.96 Å². The number of nitrogens with two attached hydrogens (primary N) is 1. The van der Waals surface area contributed by atoms with Crippen molar-refractivity contribution in [2.45, 2.75) is 50.4 Å². The van der Waals surface area contributed by atoms with E-state index in [1.54, 1.807) is 18.4 Å². The molecule has 2 heterocycles. The van der Waals surface area contributed by atoms with Crippen LogP contribution in [0.2, 0.25) is 0 Å². The van der Waals surface area contributed by atoms with Crippen LogP contribution in [0, 0.1) is 17.8 Å². The van der Waals surface area contributed by atoms with E-state index >= 15 is 0 Å². The highest BCUT2D eigenvalue weighted by atomic mass is 32.1. The van der Waals surface area contributed by atoms with Crippen LogP contribution in [0.1, 0.15) is 50.6 Å². The van der Waals surface area contributed by atoms with Gasteiger partial charge in [-0.15, -0.1) is 11.3 Å². The minimum atomic E-state index is 0.334. The van der Waals surface area contributed by atoms with E-state index in [1.165, 1.54) is 56.3 Å². The lowest BCUT2D eigenvalue weighted by molar-refractivity contribution is 0.215. The summed E-state index contributed by atoms with van der Waals surface area (Å²) in [4.78, 5) is 6.27. The normalized spacial score (nSPS) is 31.4. The average Bonchev–Trinajstić information content (AvgIpc) is 3.31. The number of hydrogen-bond acceptors (Lipinski definition) is 4. The number of fused-ring (bicyclic) bond motifs is 3. The third-order valence-electron chi connectivity index (χ3n) is 7.75. The minimum Gasteiger partial charge on any atom is -0.495 e. The second-order valence-electron chi connectivity index (χ2n) is 9.30. The van der Waals surface area contributed by atoms with Crippen LogP contribution in [-0.2, 0) is 5.41 Å². The Morgan fingerprint density at radius 2 is 2.11 bits per heavy atom. The van der Waals surface area contributed by atoms with E-state index in [4.69, 9.17) is 15.5 Å². The molecule has 3 bridgehead atoms. The number of nitrogen functional groups attached to an aromatic ring is 1. The molecule has 0 saturated heterocycles. The zero-order chi connectivity index (χ0) is 18.9. The van der Waals surface area contributed by atoms with Crippen molar-refractivity contribution >= 4 is 22.0 Å². The van der Waals surface area contributed by atoms with Crippen molar-refractivity contribution in [1.82, 2.24) is 9.38 Å². The molecule has 3 aromatic rings. The number of nitrogens with zero attached hydrogens (tertiary/aromatic N) is 2. The summed E-state index contributed by atoms with van der Waals surface area (Å²) in [6.07, 6.45) is 12.2. The van der Waals surface area contributed by atoms with E-state index in [-0.39, 0.29) is 0 Å². The molecule has 3 saturated carbocycles. The van der Waals surface area contributed by atoms with Gasteiger partial charge in [-0.25, -0.2) is 4.98 Å². The molecule has 4 atom stereocenters. The third-order valence-corrected chi connectivity index (χ3v) is 8.59. The van der Waals surface area contributed by atoms with Crippen LogP contribution in [0.25, 0.3) is 16.2 Å². The topological polar surface area (TPSA) is 52.5 Å². The maximum atomic E-state index is 6.16. The number of ether oxygens (including phenoxy) is 1. The van der Waals surface area contributed by atoms with Gasteiger partial charge in [0.05, 0.1) is 24.2 Å². The van der Waals surface area contributed by atoms with Crippen LogP contribution in [0.4, 0.5) is 5.69 Å². The Morgan fingerprint density at radius 3 is 2.96 bits per heavy atom. The largest absolute Gasteiger partial charge is 0.495 e. The molecule has 146 valence electrons. The average molecular weight is 394 g/mol. The molecule has 1 aromatic carbocycles. The third kappa shape index (κ3) is 2.38. The predicted octanol–water partition coefficient (Wildman–Crippen LogP) is 5.51. The fourth-order valence-corrected chi connectivity index (χ4v) is 7.49. The summed E-state index contributed by atoms with van der Waals surface area (Å²) in [6.45, 7) is 0. The number of aromatic nitrogens is 2. The Morgan fingerprint density at radius 1 is 1.21 bits per heavy atom. The summed E-state index contributed by atoms with van der Waals surface area (Å²) in [7, 11) is 1.66. The zero-order valence-corrected chi connectivity index (χ0v) is 17.2. The molecule has 4 nitrogen and oxygen atoms in total. The molecule has 2 N–H and O–H groups in total. The van der Waals surface area contributed by atoms with Crippen molar-refractivity contribution in [3.8, 4) is 17.0 Å². The summed E-state index contributed by atoms with van der Waals surface area (Å²) in [5.74, 6) is 3.54. The highest BCUT2D eigenvalue weighted by molar-refractivity contribution is 7.15. The van der Waals surface area contributed by atoms with Crippen LogP contribution < -0.4 is 10.5 Å². The van der Waals surface area contributed by atoms with E-state index in [0.717, 1.165) is 34.0 Å². The second-order valence-corrected chi connectivity index (χ2v) is 10.1. The van der Waals surface area contributed by atoms with Gasteiger partial charge in [-0.1, -0.05) is 19.3 Å². The van der Waals surface area contributed by atoms with Crippen LogP contribution in [0.15, 0.2) is 29.8 Å². The number of thiazole rings is 1. The lowest BCUT2D eigenvalue weighted by Gasteiger charge is -2.36. The van der Waals surface area contributed by atoms with E-state index in [1.807, 2.05) is 12.1 Å². The van der Waals surface area contributed by atoms with Gasteiger partial charge in [-0.05, 0) is 61.6 Å². The lowest BCUT2D eigenvalue weighted by atomic mass is 9.68. The first-order valence-electron chi connectivity index (χ1n) is 10.6. The van der Waals surface area contributed by atoms with Crippen molar-refractivity contribution in [2.24, 2.45) is 17.8 Å². The Labute approximate surface area is 169 Å². The molecule has 0 spiro atoms. The Balaban J connectivity index is 1.41. The van der Waals surface area contributed by atoms with E-state index < -0.39 is 0 Å². The quantitative estimate of drug-likeness (QED) is 0.597. The molecular formula is C23H27N3OS. The van der Waals surface area contributed by atoms with Gasteiger partial charge in [0.25, 0.3) is 0 Å². The maximum absolute atomic E-state index is 6.16. The Hall–Kier alpha value is -2.01. The number of imidazole rings is 1. The molecule has 5 heteroatoms. The first kappa shape index (κ1) is 16.9. The molecule has 3 aliphatic carbocycles. The molecule has 3 fully saturated rings. The number of anilines is 1. The molecule has 6 rings (SSSR count). The molecule has 0 aliphatic heterocycles. The number of benzene rings is 1. The zero-order valence-electron chi connectivity index (χ0n) is 16.4. The van der Waals surface area contributed by atoms with Gasteiger partial charge in [0.1, 0.15) is 5.75 Å². The van der Waals surface area contributed by atoms with Crippen molar-refractivity contribution < 1.29 is 4.74 Å².